The first-order chi connectivity index (χ1) is 11.5. The van der Waals surface area contributed by atoms with Crippen molar-refractivity contribution in [2.24, 2.45) is 11.3 Å². The molecular weight excluding hydrogens is 329 g/mol. The molecule has 3 aliphatic rings. The molecule has 0 unspecified atom stereocenters. The first-order valence-corrected chi connectivity index (χ1v) is 9.26. The Morgan fingerprint density at radius 2 is 2.04 bits per heavy atom. The molecule has 4 nitrogen and oxygen atoms in total. The number of pyridine rings is 1. The third-order valence-electron chi connectivity index (χ3n) is 5.84. The number of hydrogen-bond donors (Lipinski definition) is 0. The molecule has 0 atom stereocenters. The molecule has 0 radical (unpaired) electrons. The Labute approximate surface area is 147 Å². The first-order valence-electron chi connectivity index (χ1n) is 8.88. The quantitative estimate of drug-likeness (QED) is 0.836. The zero-order chi connectivity index (χ0) is 16.7. The molecule has 1 aromatic rings. The predicted octanol–water partition coefficient (Wildman–Crippen LogP) is 3.49. The molecule has 4 rings (SSSR count). The Balaban J connectivity index is 1.42. The van der Waals surface area contributed by atoms with Crippen LogP contribution in [0.4, 0.5) is 10.2 Å². The van der Waals surface area contributed by atoms with E-state index in [1.807, 2.05) is 4.90 Å². The van der Waals surface area contributed by atoms with Gasteiger partial charge in [0.15, 0.2) is 11.6 Å². The Kier molecular flexibility index (Phi) is 4.15. The third-order valence-corrected chi connectivity index (χ3v) is 6.04. The van der Waals surface area contributed by atoms with Crippen molar-refractivity contribution in [1.29, 1.82) is 0 Å². The van der Waals surface area contributed by atoms with Crippen molar-refractivity contribution in [2.45, 2.75) is 38.5 Å². The molecule has 1 saturated carbocycles. The predicted molar refractivity (Wildman–Crippen MR) is 91.6 cm³/mol. The van der Waals surface area contributed by atoms with Crippen molar-refractivity contribution in [3.63, 3.8) is 0 Å². The molecule has 1 amide bonds. The average molecular weight is 352 g/mol. The number of hydrogen-bond acceptors (Lipinski definition) is 3. The zero-order valence-corrected chi connectivity index (χ0v) is 14.6. The maximum absolute atomic E-state index is 14.1. The van der Waals surface area contributed by atoms with Gasteiger partial charge in [-0.1, -0.05) is 11.6 Å². The van der Waals surface area contributed by atoms with Crippen molar-refractivity contribution in [3.05, 3.63) is 23.1 Å². The summed E-state index contributed by atoms with van der Waals surface area (Å²) >= 11 is 5.79. The second-order valence-corrected chi connectivity index (χ2v) is 8.10. The number of anilines is 1. The van der Waals surface area contributed by atoms with E-state index >= 15 is 0 Å². The van der Waals surface area contributed by atoms with Gasteiger partial charge in [-0.3, -0.25) is 4.79 Å². The van der Waals surface area contributed by atoms with E-state index in [0.29, 0.717) is 23.2 Å². The lowest BCUT2D eigenvalue weighted by molar-refractivity contribution is -0.138. The van der Waals surface area contributed by atoms with Gasteiger partial charge in [-0.15, -0.1) is 0 Å². The molecule has 130 valence electrons. The summed E-state index contributed by atoms with van der Waals surface area (Å²) in [6.07, 6.45) is 7.66. The van der Waals surface area contributed by atoms with Crippen molar-refractivity contribution < 1.29 is 9.18 Å². The Morgan fingerprint density at radius 1 is 1.29 bits per heavy atom. The van der Waals surface area contributed by atoms with Gasteiger partial charge in [0.05, 0.1) is 5.02 Å². The van der Waals surface area contributed by atoms with E-state index in [4.69, 9.17) is 11.6 Å². The molecule has 0 bridgehead atoms. The lowest BCUT2D eigenvalue weighted by atomic mass is 9.72. The van der Waals surface area contributed by atoms with Crippen molar-refractivity contribution in [1.82, 2.24) is 9.88 Å². The van der Waals surface area contributed by atoms with Crippen LogP contribution in [-0.4, -0.2) is 42.0 Å². The van der Waals surface area contributed by atoms with Gasteiger partial charge in [-0.2, -0.15) is 0 Å². The number of amides is 1. The molecule has 0 N–H and O–H groups in total. The van der Waals surface area contributed by atoms with Crippen LogP contribution in [0.15, 0.2) is 12.3 Å². The summed E-state index contributed by atoms with van der Waals surface area (Å²) in [5, 5.41) is 0.325. The summed E-state index contributed by atoms with van der Waals surface area (Å²) in [5.74, 6) is 1.10. The molecular formula is C18H23ClFN3O. The van der Waals surface area contributed by atoms with Crippen LogP contribution in [0.25, 0.3) is 0 Å². The van der Waals surface area contributed by atoms with Gasteiger partial charge in [0.25, 0.3) is 0 Å². The fourth-order valence-electron chi connectivity index (χ4n) is 4.12. The second kappa shape index (κ2) is 6.17. The minimum atomic E-state index is -0.354. The van der Waals surface area contributed by atoms with Crippen LogP contribution in [0.1, 0.15) is 38.5 Å². The van der Waals surface area contributed by atoms with Crippen molar-refractivity contribution in [3.8, 4) is 0 Å². The van der Waals surface area contributed by atoms with Crippen molar-refractivity contribution in [2.75, 3.05) is 31.1 Å². The van der Waals surface area contributed by atoms with Gasteiger partial charge in [0.1, 0.15) is 0 Å². The molecule has 0 aromatic carbocycles. The molecule has 24 heavy (non-hydrogen) atoms. The fraction of sp³-hybridized carbons (Fsp3) is 0.667. The number of aromatic nitrogens is 1. The summed E-state index contributed by atoms with van der Waals surface area (Å²) in [6, 6.07) is 1.32. The smallest absolute Gasteiger partial charge is 0.222 e. The van der Waals surface area contributed by atoms with Gasteiger partial charge in [-0.25, -0.2) is 9.37 Å². The average Bonchev–Trinajstić information content (AvgIpc) is 3.37. The summed E-state index contributed by atoms with van der Waals surface area (Å²) in [6.45, 7) is 3.40. The number of carbonyl (C=O) groups is 1. The van der Waals surface area contributed by atoms with Crippen LogP contribution in [-0.2, 0) is 4.79 Å². The minimum absolute atomic E-state index is 0.211. The molecule has 2 aliphatic heterocycles. The fourth-order valence-corrected chi connectivity index (χ4v) is 4.27. The van der Waals surface area contributed by atoms with Gasteiger partial charge in [0, 0.05) is 38.8 Å². The van der Waals surface area contributed by atoms with E-state index in [2.05, 4.69) is 9.88 Å². The monoisotopic (exact) mass is 351 g/mol. The van der Waals surface area contributed by atoms with Gasteiger partial charge >= 0.3 is 0 Å². The van der Waals surface area contributed by atoms with Crippen LogP contribution in [0, 0.1) is 17.2 Å². The van der Waals surface area contributed by atoms with Crippen LogP contribution >= 0.6 is 11.6 Å². The molecule has 1 spiro atoms. The summed E-state index contributed by atoms with van der Waals surface area (Å²) in [4.78, 5) is 20.5. The Morgan fingerprint density at radius 3 is 2.71 bits per heavy atom. The molecule has 2 saturated heterocycles. The molecule has 6 heteroatoms. The number of carbonyl (C=O) groups excluding carboxylic acids is 1. The Bertz CT molecular complexity index is 641. The first kappa shape index (κ1) is 16.1. The lowest BCUT2D eigenvalue weighted by Crippen LogP contribution is -2.52. The summed E-state index contributed by atoms with van der Waals surface area (Å²) in [5.41, 5.74) is 0.211. The van der Waals surface area contributed by atoms with E-state index in [1.54, 1.807) is 0 Å². The molecule has 1 aromatic heterocycles. The zero-order valence-electron chi connectivity index (χ0n) is 13.8. The number of piperidine rings is 2. The second-order valence-electron chi connectivity index (χ2n) is 7.66. The van der Waals surface area contributed by atoms with Gasteiger partial charge in [0.2, 0.25) is 5.91 Å². The van der Waals surface area contributed by atoms with E-state index in [1.165, 1.54) is 25.1 Å². The topological polar surface area (TPSA) is 36.4 Å². The third kappa shape index (κ3) is 3.23. The number of halogens is 2. The number of rotatable bonds is 3. The van der Waals surface area contributed by atoms with E-state index in [0.717, 1.165) is 51.4 Å². The highest BCUT2D eigenvalue weighted by Gasteiger charge is 2.42. The summed E-state index contributed by atoms with van der Waals surface area (Å²) in [7, 11) is 0. The minimum Gasteiger partial charge on any atom is -0.354 e. The SMILES string of the molecule is O=C1CCC2(CCN(c3ncc(Cl)cc3F)CC2)CN1CC1CC1. The van der Waals surface area contributed by atoms with Crippen LogP contribution < -0.4 is 4.90 Å². The van der Waals surface area contributed by atoms with E-state index in [-0.39, 0.29) is 11.2 Å². The van der Waals surface area contributed by atoms with Gasteiger partial charge in [-0.05, 0) is 49.5 Å². The van der Waals surface area contributed by atoms with E-state index < -0.39 is 0 Å². The normalized spacial score (nSPS) is 23.8. The van der Waals surface area contributed by atoms with E-state index in [9.17, 15) is 9.18 Å². The highest BCUT2D eigenvalue weighted by molar-refractivity contribution is 6.30. The molecule has 3 heterocycles. The lowest BCUT2D eigenvalue weighted by Gasteiger charge is -2.47. The number of nitrogens with zero attached hydrogens (tertiary/aromatic N) is 3. The van der Waals surface area contributed by atoms with Crippen LogP contribution in [0.5, 0.6) is 0 Å². The van der Waals surface area contributed by atoms with Crippen LogP contribution in [0.3, 0.4) is 0 Å². The molecule has 1 aliphatic carbocycles. The van der Waals surface area contributed by atoms with Crippen molar-refractivity contribution >= 4 is 23.3 Å². The maximum atomic E-state index is 14.1. The highest BCUT2D eigenvalue weighted by Crippen LogP contribution is 2.42. The maximum Gasteiger partial charge on any atom is 0.222 e. The summed E-state index contributed by atoms with van der Waals surface area (Å²) < 4.78 is 14.1. The Hall–Kier alpha value is -1.36. The molecule has 3 fully saturated rings. The van der Waals surface area contributed by atoms with Gasteiger partial charge < -0.3 is 9.80 Å². The number of likely N-dealkylation sites (tertiary alicyclic amines) is 1. The standard InChI is InChI=1S/C18H23ClFN3O/c19-14-9-15(20)17(21-10-14)22-7-5-18(6-8-22)4-3-16(24)23(12-18)11-13-1-2-13/h9-10,13H,1-8,11-12H2. The van der Waals surface area contributed by atoms with Crippen LogP contribution in [0.2, 0.25) is 5.02 Å². The largest absolute Gasteiger partial charge is 0.354 e. The highest BCUT2D eigenvalue weighted by atomic mass is 35.5.